The molecule has 1 amide bonds. The van der Waals surface area contributed by atoms with Gasteiger partial charge in [-0.1, -0.05) is 29.4 Å². The number of hydrogen-bond acceptors (Lipinski definition) is 4. The van der Waals surface area contributed by atoms with Crippen LogP contribution in [0.5, 0.6) is 0 Å². The van der Waals surface area contributed by atoms with E-state index in [4.69, 9.17) is 16.1 Å². The maximum atomic E-state index is 12.2. The van der Waals surface area contributed by atoms with Crippen LogP contribution >= 0.6 is 11.6 Å². The van der Waals surface area contributed by atoms with E-state index in [1.54, 1.807) is 0 Å². The third-order valence-corrected chi connectivity index (χ3v) is 4.98. The molecule has 5 nitrogen and oxygen atoms in total. The summed E-state index contributed by atoms with van der Waals surface area (Å²) in [4.78, 5) is 18.7. The van der Waals surface area contributed by atoms with E-state index in [0.717, 1.165) is 49.9 Å². The Hall–Kier alpha value is -1.88. The summed E-state index contributed by atoms with van der Waals surface area (Å²) < 4.78 is 5.46. The van der Waals surface area contributed by atoms with E-state index in [1.165, 1.54) is 0 Å². The van der Waals surface area contributed by atoms with Gasteiger partial charge in [-0.15, -0.1) is 11.6 Å². The van der Waals surface area contributed by atoms with E-state index in [1.807, 2.05) is 36.1 Å². The standard InChI is InChI=1S/C19H24ClN3O2/c1-14-6-2-3-8-16(14)19-21-17(25-22-19)12-15-7-5-11-23(13-15)18(24)9-4-10-20/h2-3,6,8,15H,4-5,7,9-13H2,1H3. The van der Waals surface area contributed by atoms with Gasteiger partial charge in [0, 0.05) is 37.4 Å². The first-order valence-electron chi connectivity index (χ1n) is 8.89. The van der Waals surface area contributed by atoms with Crippen LogP contribution in [0.25, 0.3) is 11.4 Å². The van der Waals surface area contributed by atoms with Crippen molar-refractivity contribution in [3.8, 4) is 11.4 Å². The monoisotopic (exact) mass is 361 g/mol. The van der Waals surface area contributed by atoms with E-state index in [0.29, 0.717) is 29.9 Å². The number of piperidine rings is 1. The second-order valence-corrected chi connectivity index (χ2v) is 7.05. The highest BCUT2D eigenvalue weighted by atomic mass is 35.5. The molecule has 0 aliphatic carbocycles. The van der Waals surface area contributed by atoms with Crippen LogP contribution in [0.1, 0.15) is 37.1 Å². The zero-order valence-electron chi connectivity index (χ0n) is 14.6. The molecule has 1 saturated heterocycles. The van der Waals surface area contributed by atoms with Crippen LogP contribution in [0.2, 0.25) is 0 Å². The van der Waals surface area contributed by atoms with Crippen LogP contribution in [0.4, 0.5) is 0 Å². The molecular weight excluding hydrogens is 338 g/mol. The molecule has 25 heavy (non-hydrogen) atoms. The van der Waals surface area contributed by atoms with Crippen molar-refractivity contribution < 1.29 is 9.32 Å². The minimum atomic E-state index is 0.205. The zero-order chi connectivity index (χ0) is 17.6. The lowest BCUT2D eigenvalue weighted by atomic mass is 9.94. The Balaban J connectivity index is 1.61. The van der Waals surface area contributed by atoms with Gasteiger partial charge in [0.1, 0.15) is 0 Å². The molecule has 0 radical (unpaired) electrons. The van der Waals surface area contributed by atoms with Gasteiger partial charge in [-0.05, 0) is 37.7 Å². The molecule has 1 aromatic heterocycles. The maximum absolute atomic E-state index is 12.2. The summed E-state index contributed by atoms with van der Waals surface area (Å²) >= 11 is 5.69. The van der Waals surface area contributed by atoms with Crippen molar-refractivity contribution in [2.45, 2.75) is 39.0 Å². The molecule has 1 unspecified atom stereocenters. The number of nitrogens with zero attached hydrogens (tertiary/aromatic N) is 3. The number of carbonyl (C=O) groups excluding carboxylic acids is 1. The molecule has 2 heterocycles. The van der Waals surface area contributed by atoms with Crippen LogP contribution in [-0.4, -0.2) is 39.9 Å². The summed E-state index contributed by atoms with van der Waals surface area (Å²) in [6, 6.07) is 8.01. The zero-order valence-corrected chi connectivity index (χ0v) is 15.3. The van der Waals surface area contributed by atoms with Crippen molar-refractivity contribution in [3.63, 3.8) is 0 Å². The Bertz CT molecular complexity index is 716. The molecule has 1 aromatic carbocycles. The number of carbonyl (C=O) groups is 1. The highest BCUT2D eigenvalue weighted by Gasteiger charge is 2.25. The number of rotatable bonds is 6. The molecule has 134 valence electrons. The van der Waals surface area contributed by atoms with Crippen molar-refractivity contribution in [3.05, 3.63) is 35.7 Å². The molecule has 0 saturated carbocycles. The predicted octanol–water partition coefficient (Wildman–Crippen LogP) is 3.85. The summed E-state index contributed by atoms with van der Waals surface area (Å²) in [7, 11) is 0. The van der Waals surface area contributed by atoms with Gasteiger partial charge in [0.05, 0.1) is 0 Å². The van der Waals surface area contributed by atoms with Gasteiger partial charge in [-0.3, -0.25) is 4.79 Å². The average Bonchev–Trinajstić information content (AvgIpc) is 3.08. The molecule has 0 spiro atoms. The number of aromatic nitrogens is 2. The molecule has 6 heteroatoms. The van der Waals surface area contributed by atoms with E-state index >= 15 is 0 Å². The van der Waals surface area contributed by atoms with Gasteiger partial charge in [-0.2, -0.15) is 4.98 Å². The van der Waals surface area contributed by atoms with Gasteiger partial charge in [0.25, 0.3) is 0 Å². The van der Waals surface area contributed by atoms with Crippen LogP contribution in [0.3, 0.4) is 0 Å². The van der Waals surface area contributed by atoms with Crippen molar-refractivity contribution in [1.29, 1.82) is 0 Å². The number of aryl methyl sites for hydroxylation is 1. The van der Waals surface area contributed by atoms with Gasteiger partial charge in [0.15, 0.2) is 0 Å². The number of likely N-dealkylation sites (tertiary alicyclic amines) is 1. The lowest BCUT2D eigenvalue weighted by Gasteiger charge is -2.32. The minimum Gasteiger partial charge on any atom is -0.342 e. The van der Waals surface area contributed by atoms with Crippen LogP contribution in [0.15, 0.2) is 28.8 Å². The summed E-state index contributed by atoms with van der Waals surface area (Å²) in [5, 5.41) is 4.13. The number of alkyl halides is 1. The van der Waals surface area contributed by atoms with Crippen LogP contribution < -0.4 is 0 Å². The van der Waals surface area contributed by atoms with E-state index in [9.17, 15) is 4.79 Å². The quantitative estimate of drug-likeness (QED) is 0.733. The molecule has 0 bridgehead atoms. The highest BCUT2D eigenvalue weighted by molar-refractivity contribution is 6.17. The fraction of sp³-hybridized carbons (Fsp3) is 0.526. The Morgan fingerprint density at radius 1 is 1.40 bits per heavy atom. The third-order valence-electron chi connectivity index (χ3n) is 4.71. The van der Waals surface area contributed by atoms with Crippen molar-refractivity contribution in [1.82, 2.24) is 15.0 Å². The second kappa shape index (κ2) is 8.48. The van der Waals surface area contributed by atoms with Gasteiger partial charge in [0.2, 0.25) is 17.6 Å². The van der Waals surface area contributed by atoms with Gasteiger partial charge in [-0.25, -0.2) is 0 Å². The molecule has 1 fully saturated rings. The van der Waals surface area contributed by atoms with Gasteiger partial charge >= 0.3 is 0 Å². The normalized spacial score (nSPS) is 17.7. The Morgan fingerprint density at radius 2 is 2.24 bits per heavy atom. The molecule has 3 rings (SSSR count). The van der Waals surface area contributed by atoms with E-state index in [-0.39, 0.29) is 5.91 Å². The van der Waals surface area contributed by atoms with Crippen molar-refractivity contribution in [2.24, 2.45) is 5.92 Å². The first-order valence-corrected chi connectivity index (χ1v) is 9.43. The SMILES string of the molecule is Cc1ccccc1-c1noc(CC2CCCN(C(=O)CCCCl)C2)n1. The molecule has 1 aliphatic rings. The summed E-state index contributed by atoms with van der Waals surface area (Å²) in [5.41, 5.74) is 2.13. The highest BCUT2D eigenvalue weighted by Crippen LogP contribution is 2.24. The average molecular weight is 362 g/mol. The van der Waals surface area contributed by atoms with Crippen LogP contribution in [-0.2, 0) is 11.2 Å². The first-order chi connectivity index (χ1) is 12.2. The van der Waals surface area contributed by atoms with Crippen molar-refractivity contribution >= 4 is 17.5 Å². The Kier molecular flexibility index (Phi) is 6.08. The minimum absolute atomic E-state index is 0.205. The topological polar surface area (TPSA) is 59.2 Å². The van der Waals surface area contributed by atoms with E-state index in [2.05, 4.69) is 10.1 Å². The Labute approximate surface area is 153 Å². The van der Waals surface area contributed by atoms with E-state index < -0.39 is 0 Å². The first kappa shape index (κ1) is 17.9. The lowest BCUT2D eigenvalue weighted by molar-refractivity contribution is -0.133. The largest absolute Gasteiger partial charge is 0.342 e. The third kappa shape index (κ3) is 4.60. The number of hydrogen-bond donors (Lipinski definition) is 0. The molecule has 1 atom stereocenters. The summed E-state index contributed by atoms with van der Waals surface area (Å²) in [6.07, 6.45) is 4.11. The summed E-state index contributed by atoms with van der Waals surface area (Å²) in [6.45, 7) is 3.65. The molecular formula is C19H24ClN3O2. The maximum Gasteiger partial charge on any atom is 0.227 e. The smallest absolute Gasteiger partial charge is 0.227 e. The molecule has 2 aromatic rings. The predicted molar refractivity (Wildman–Crippen MR) is 97.4 cm³/mol. The molecule has 1 aliphatic heterocycles. The second-order valence-electron chi connectivity index (χ2n) is 6.67. The summed E-state index contributed by atoms with van der Waals surface area (Å²) in [5.74, 6) is 2.40. The Morgan fingerprint density at radius 3 is 3.04 bits per heavy atom. The van der Waals surface area contributed by atoms with Gasteiger partial charge < -0.3 is 9.42 Å². The van der Waals surface area contributed by atoms with Crippen LogP contribution in [0, 0.1) is 12.8 Å². The van der Waals surface area contributed by atoms with Crippen molar-refractivity contribution in [2.75, 3.05) is 19.0 Å². The number of amides is 1. The lowest BCUT2D eigenvalue weighted by Crippen LogP contribution is -2.40. The molecule has 0 N–H and O–H groups in total. The number of halogens is 1. The number of benzene rings is 1. The fourth-order valence-electron chi connectivity index (χ4n) is 3.35. The fourth-order valence-corrected chi connectivity index (χ4v) is 3.49.